The van der Waals surface area contributed by atoms with Crippen LogP contribution >= 0.6 is 0 Å². The van der Waals surface area contributed by atoms with Crippen molar-refractivity contribution >= 4 is 29.1 Å². The van der Waals surface area contributed by atoms with Crippen molar-refractivity contribution in [1.29, 1.82) is 0 Å². The quantitative estimate of drug-likeness (QED) is 0.649. The van der Waals surface area contributed by atoms with Crippen LogP contribution in [0, 0.1) is 12.7 Å². The van der Waals surface area contributed by atoms with Crippen molar-refractivity contribution in [1.82, 2.24) is 9.97 Å². The largest absolute Gasteiger partial charge is 0.478 e. The number of anilines is 4. The highest BCUT2D eigenvalue weighted by Gasteiger charge is 2.06. The van der Waals surface area contributed by atoms with E-state index in [-0.39, 0.29) is 11.4 Å². The maximum atomic E-state index is 13.3. The van der Waals surface area contributed by atoms with Crippen molar-refractivity contribution in [2.75, 3.05) is 10.6 Å². The molecular weight excluding hydrogens is 323 g/mol. The van der Waals surface area contributed by atoms with Crippen LogP contribution in [0.4, 0.5) is 27.5 Å². The molecule has 0 saturated heterocycles. The van der Waals surface area contributed by atoms with Gasteiger partial charge in [-0.1, -0.05) is 6.07 Å². The zero-order chi connectivity index (χ0) is 17.8. The summed E-state index contributed by atoms with van der Waals surface area (Å²) in [6.07, 6.45) is 0. The van der Waals surface area contributed by atoms with Crippen LogP contribution < -0.4 is 10.6 Å². The van der Waals surface area contributed by atoms with Gasteiger partial charge in [0.05, 0.1) is 5.56 Å². The lowest BCUT2D eigenvalue weighted by Crippen LogP contribution is -2.03. The van der Waals surface area contributed by atoms with Crippen LogP contribution in [0.2, 0.25) is 0 Å². The molecule has 3 aromatic rings. The number of carboxylic acid groups (broad SMARTS) is 1. The zero-order valence-corrected chi connectivity index (χ0v) is 13.3. The lowest BCUT2D eigenvalue weighted by molar-refractivity contribution is 0.0697. The van der Waals surface area contributed by atoms with Gasteiger partial charge in [-0.05, 0) is 49.4 Å². The Balaban J connectivity index is 1.80. The summed E-state index contributed by atoms with van der Waals surface area (Å²) in [7, 11) is 0. The third-order valence-corrected chi connectivity index (χ3v) is 3.34. The van der Waals surface area contributed by atoms with Crippen LogP contribution in [0.15, 0.2) is 54.6 Å². The summed E-state index contributed by atoms with van der Waals surface area (Å²) in [6.45, 7) is 1.82. The van der Waals surface area contributed by atoms with E-state index in [1.165, 1.54) is 24.3 Å². The molecule has 1 heterocycles. The van der Waals surface area contributed by atoms with Gasteiger partial charge in [-0.2, -0.15) is 4.98 Å². The molecule has 0 saturated carbocycles. The number of halogens is 1. The van der Waals surface area contributed by atoms with E-state index in [4.69, 9.17) is 5.11 Å². The van der Waals surface area contributed by atoms with Crippen LogP contribution in [0.25, 0.3) is 0 Å². The fourth-order valence-corrected chi connectivity index (χ4v) is 2.23. The number of benzene rings is 2. The minimum Gasteiger partial charge on any atom is -0.478 e. The summed E-state index contributed by atoms with van der Waals surface area (Å²) >= 11 is 0. The molecule has 0 fully saturated rings. The second-order valence-corrected chi connectivity index (χ2v) is 5.36. The van der Waals surface area contributed by atoms with E-state index < -0.39 is 5.97 Å². The highest BCUT2D eigenvalue weighted by Crippen LogP contribution is 2.20. The molecular formula is C18H15FN4O2. The Labute approximate surface area is 143 Å². The van der Waals surface area contributed by atoms with E-state index in [2.05, 4.69) is 20.6 Å². The molecule has 0 bridgehead atoms. The third kappa shape index (κ3) is 4.29. The summed E-state index contributed by atoms with van der Waals surface area (Å²) in [5.41, 5.74) is 2.17. The average molecular weight is 338 g/mol. The van der Waals surface area contributed by atoms with Gasteiger partial charge in [-0.15, -0.1) is 0 Å². The van der Waals surface area contributed by atoms with Crippen LogP contribution in [0.3, 0.4) is 0 Å². The third-order valence-electron chi connectivity index (χ3n) is 3.34. The monoisotopic (exact) mass is 338 g/mol. The van der Waals surface area contributed by atoms with Gasteiger partial charge in [0, 0.05) is 23.1 Å². The van der Waals surface area contributed by atoms with E-state index in [0.717, 1.165) is 5.69 Å². The molecule has 0 aliphatic rings. The SMILES string of the molecule is Cc1cc(Nc2ccc(C(=O)O)cc2)nc(Nc2cccc(F)c2)n1. The summed E-state index contributed by atoms with van der Waals surface area (Å²) in [4.78, 5) is 19.5. The number of carbonyl (C=O) groups is 1. The normalized spacial score (nSPS) is 10.3. The van der Waals surface area contributed by atoms with Gasteiger partial charge in [0.2, 0.25) is 5.95 Å². The van der Waals surface area contributed by atoms with Crippen molar-refractivity contribution in [3.8, 4) is 0 Å². The molecule has 1 aromatic heterocycles. The maximum Gasteiger partial charge on any atom is 0.335 e. The first-order chi connectivity index (χ1) is 12.0. The number of aromatic carboxylic acids is 1. The first-order valence-corrected chi connectivity index (χ1v) is 7.48. The smallest absolute Gasteiger partial charge is 0.335 e. The van der Waals surface area contributed by atoms with Gasteiger partial charge in [0.15, 0.2) is 0 Å². The second kappa shape index (κ2) is 6.96. The molecule has 126 valence electrons. The van der Waals surface area contributed by atoms with Gasteiger partial charge in [0.1, 0.15) is 11.6 Å². The topological polar surface area (TPSA) is 87.1 Å². The van der Waals surface area contributed by atoms with Gasteiger partial charge in [-0.25, -0.2) is 14.2 Å². The van der Waals surface area contributed by atoms with E-state index in [9.17, 15) is 9.18 Å². The van der Waals surface area contributed by atoms with E-state index in [1.807, 2.05) is 6.92 Å². The fourth-order valence-electron chi connectivity index (χ4n) is 2.23. The molecule has 0 radical (unpaired) electrons. The molecule has 3 rings (SSSR count). The highest BCUT2D eigenvalue weighted by molar-refractivity contribution is 5.88. The molecule has 0 atom stereocenters. The first-order valence-electron chi connectivity index (χ1n) is 7.48. The Kier molecular flexibility index (Phi) is 4.56. The van der Waals surface area contributed by atoms with Crippen molar-refractivity contribution in [3.63, 3.8) is 0 Å². The second-order valence-electron chi connectivity index (χ2n) is 5.36. The van der Waals surface area contributed by atoms with Crippen LogP contribution in [-0.4, -0.2) is 21.0 Å². The minimum atomic E-state index is -0.981. The highest BCUT2D eigenvalue weighted by atomic mass is 19.1. The van der Waals surface area contributed by atoms with Crippen molar-refractivity contribution in [2.24, 2.45) is 0 Å². The van der Waals surface area contributed by atoms with E-state index in [1.54, 1.807) is 30.3 Å². The number of nitrogens with one attached hydrogen (secondary N) is 2. The van der Waals surface area contributed by atoms with Crippen LogP contribution in [0.5, 0.6) is 0 Å². The molecule has 3 N–H and O–H groups in total. The lowest BCUT2D eigenvalue weighted by atomic mass is 10.2. The van der Waals surface area contributed by atoms with Crippen molar-refractivity contribution in [3.05, 3.63) is 71.7 Å². The van der Waals surface area contributed by atoms with Crippen LogP contribution in [0.1, 0.15) is 16.1 Å². The number of rotatable bonds is 5. The van der Waals surface area contributed by atoms with Crippen LogP contribution in [-0.2, 0) is 0 Å². The minimum absolute atomic E-state index is 0.206. The number of carboxylic acids is 1. The number of aryl methyl sites for hydroxylation is 1. The molecule has 2 aromatic carbocycles. The van der Waals surface area contributed by atoms with Gasteiger partial charge >= 0.3 is 5.97 Å². The Hall–Kier alpha value is -3.48. The van der Waals surface area contributed by atoms with Gasteiger partial charge < -0.3 is 15.7 Å². The molecule has 0 aliphatic carbocycles. The van der Waals surface area contributed by atoms with Gasteiger partial charge in [-0.3, -0.25) is 0 Å². The van der Waals surface area contributed by atoms with Crippen molar-refractivity contribution in [2.45, 2.75) is 6.92 Å². The van der Waals surface area contributed by atoms with Gasteiger partial charge in [0.25, 0.3) is 0 Å². The standard InChI is InChI=1S/C18H15FN4O2/c1-11-9-16(21-14-7-5-12(6-8-14)17(24)25)23-18(20-11)22-15-4-2-3-13(19)10-15/h2-10H,1H3,(H,24,25)(H2,20,21,22,23). The number of aromatic nitrogens is 2. The summed E-state index contributed by atoms with van der Waals surface area (Å²) in [6, 6.07) is 14.1. The Morgan fingerprint density at radius 2 is 1.76 bits per heavy atom. The number of hydrogen-bond acceptors (Lipinski definition) is 5. The zero-order valence-electron chi connectivity index (χ0n) is 13.3. The molecule has 7 heteroatoms. The Bertz CT molecular complexity index is 913. The van der Waals surface area contributed by atoms with Crippen molar-refractivity contribution < 1.29 is 14.3 Å². The molecule has 0 spiro atoms. The van der Waals surface area contributed by atoms with E-state index >= 15 is 0 Å². The molecule has 0 aliphatic heterocycles. The predicted molar refractivity (Wildman–Crippen MR) is 93.1 cm³/mol. The first kappa shape index (κ1) is 16.4. The summed E-state index contributed by atoms with van der Waals surface area (Å²) in [5, 5.41) is 15.0. The molecule has 6 nitrogen and oxygen atoms in total. The predicted octanol–water partition coefficient (Wildman–Crippen LogP) is 4.11. The Morgan fingerprint density at radius 1 is 1.00 bits per heavy atom. The van der Waals surface area contributed by atoms with E-state index in [0.29, 0.717) is 23.1 Å². The number of hydrogen-bond donors (Lipinski definition) is 3. The fraction of sp³-hybridized carbons (Fsp3) is 0.0556. The number of nitrogens with zero attached hydrogens (tertiary/aromatic N) is 2. The molecule has 25 heavy (non-hydrogen) atoms. The summed E-state index contributed by atoms with van der Waals surface area (Å²) in [5.74, 6) is -0.467. The Morgan fingerprint density at radius 3 is 2.44 bits per heavy atom. The molecule has 0 unspecified atom stereocenters. The maximum absolute atomic E-state index is 13.3. The average Bonchev–Trinajstić information content (AvgIpc) is 2.54. The summed E-state index contributed by atoms with van der Waals surface area (Å²) < 4.78 is 13.3. The lowest BCUT2D eigenvalue weighted by Gasteiger charge is -2.10. The molecule has 0 amide bonds.